The van der Waals surface area contributed by atoms with E-state index in [1.54, 1.807) is 6.92 Å². The molecule has 2 amide bonds. The van der Waals surface area contributed by atoms with Gasteiger partial charge in [-0.2, -0.15) is 5.06 Å². The number of esters is 1. The Morgan fingerprint density at radius 3 is 2.12 bits per heavy atom. The van der Waals surface area contributed by atoms with Gasteiger partial charge in [-0.1, -0.05) is 0 Å². The van der Waals surface area contributed by atoms with Crippen LogP contribution in [0.2, 0.25) is 0 Å². The summed E-state index contributed by atoms with van der Waals surface area (Å²) in [6, 6.07) is 0. The topological polar surface area (TPSA) is 151 Å². The number of carbonyl (C=O) groups excluding carboxylic acids is 3. The van der Waals surface area contributed by atoms with E-state index in [0.717, 1.165) is 0 Å². The largest absolute Gasteiger partial charge is 0.481 e. The lowest BCUT2D eigenvalue weighted by atomic mass is 10.2. The van der Waals surface area contributed by atoms with Gasteiger partial charge in [0.05, 0.1) is 19.1 Å². The summed E-state index contributed by atoms with van der Waals surface area (Å²) in [6.07, 6.45) is 1.45. The molecular formula is C15H25NO9. The third kappa shape index (κ3) is 11.2. The van der Waals surface area contributed by atoms with Crippen molar-refractivity contribution in [2.75, 3.05) is 26.4 Å². The van der Waals surface area contributed by atoms with Gasteiger partial charge in [0.15, 0.2) is 0 Å². The standard InChI is InChI=1S/C11H20O6.C4H5NO3/c1-9(8-12)11(15)17-7-3-6-16-5-2-4-10(13)14;6-3-1-2-4(7)5(3)8/h9,12H,2-8H2,1H3,(H,13,14);8H,1-2H2. The van der Waals surface area contributed by atoms with Crippen molar-refractivity contribution in [2.45, 2.75) is 39.0 Å². The lowest BCUT2D eigenvalue weighted by Crippen LogP contribution is -2.24. The predicted molar refractivity (Wildman–Crippen MR) is 82.4 cm³/mol. The van der Waals surface area contributed by atoms with Crippen LogP contribution >= 0.6 is 0 Å². The van der Waals surface area contributed by atoms with E-state index >= 15 is 0 Å². The van der Waals surface area contributed by atoms with Gasteiger partial charge >= 0.3 is 11.9 Å². The minimum atomic E-state index is -0.833. The molecule has 3 N–H and O–H groups in total. The number of rotatable bonds is 10. The fourth-order valence-corrected chi connectivity index (χ4v) is 1.54. The molecule has 1 aliphatic heterocycles. The highest BCUT2D eigenvalue weighted by Crippen LogP contribution is 2.07. The van der Waals surface area contributed by atoms with Crippen LogP contribution in [0.5, 0.6) is 0 Å². The van der Waals surface area contributed by atoms with Crippen molar-refractivity contribution in [3.05, 3.63) is 0 Å². The third-order valence-electron chi connectivity index (χ3n) is 3.06. The van der Waals surface area contributed by atoms with Crippen LogP contribution in [0.15, 0.2) is 0 Å². The Morgan fingerprint density at radius 1 is 1.12 bits per heavy atom. The Labute approximate surface area is 145 Å². The number of carboxylic acids is 1. The second-order valence-corrected chi connectivity index (χ2v) is 5.31. The van der Waals surface area contributed by atoms with Crippen LogP contribution in [0.3, 0.4) is 0 Å². The van der Waals surface area contributed by atoms with Gasteiger partial charge in [-0.3, -0.25) is 24.4 Å². The fraction of sp³-hybridized carbons (Fsp3) is 0.733. The molecule has 10 nitrogen and oxygen atoms in total. The zero-order valence-electron chi connectivity index (χ0n) is 14.2. The summed E-state index contributed by atoms with van der Waals surface area (Å²) in [5, 5.41) is 25.6. The highest BCUT2D eigenvalue weighted by atomic mass is 16.5. The molecule has 0 aromatic rings. The van der Waals surface area contributed by atoms with Crippen molar-refractivity contribution in [1.29, 1.82) is 0 Å². The lowest BCUT2D eigenvalue weighted by Gasteiger charge is -2.08. The molecule has 1 aliphatic rings. The van der Waals surface area contributed by atoms with E-state index in [1.165, 1.54) is 0 Å². The predicted octanol–water partition coefficient (Wildman–Crippen LogP) is -0.0459. The van der Waals surface area contributed by atoms with Gasteiger partial charge in [0.25, 0.3) is 11.8 Å². The van der Waals surface area contributed by atoms with Gasteiger partial charge in [0.1, 0.15) is 0 Å². The smallest absolute Gasteiger partial charge is 0.310 e. The first-order valence-electron chi connectivity index (χ1n) is 7.91. The number of imide groups is 1. The molecule has 0 aromatic carbocycles. The van der Waals surface area contributed by atoms with Crippen LogP contribution < -0.4 is 0 Å². The highest BCUT2D eigenvalue weighted by Gasteiger charge is 2.26. The zero-order valence-corrected chi connectivity index (χ0v) is 14.2. The molecule has 0 aliphatic carbocycles. The molecule has 1 unspecified atom stereocenters. The number of nitrogens with zero attached hydrogens (tertiary/aromatic N) is 1. The molecule has 0 saturated carbocycles. The Morgan fingerprint density at radius 2 is 1.68 bits per heavy atom. The average molecular weight is 363 g/mol. The van der Waals surface area contributed by atoms with Crippen molar-refractivity contribution in [1.82, 2.24) is 5.06 Å². The molecule has 1 fully saturated rings. The molecule has 25 heavy (non-hydrogen) atoms. The molecule has 0 radical (unpaired) electrons. The molecule has 1 rings (SSSR count). The normalized spacial score (nSPS) is 14.8. The number of carboxylic acid groups (broad SMARTS) is 1. The van der Waals surface area contributed by atoms with E-state index < -0.39 is 29.7 Å². The van der Waals surface area contributed by atoms with Crippen LogP contribution in [0.1, 0.15) is 39.0 Å². The van der Waals surface area contributed by atoms with E-state index in [-0.39, 0.29) is 37.5 Å². The number of aliphatic hydroxyl groups excluding tert-OH is 1. The van der Waals surface area contributed by atoms with Gasteiger partial charge in [-0.25, -0.2) is 0 Å². The quantitative estimate of drug-likeness (QED) is 0.210. The Bertz CT molecular complexity index is 436. The molecule has 0 aromatic heterocycles. The molecule has 0 bridgehead atoms. The van der Waals surface area contributed by atoms with Crippen LogP contribution in [0, 0.1) is 5.92 Å². The second kappa shape index (κ2) is 13.3. The fourth-order valence-electron chi connectivity index (χ4n) is 1.54. The molecule has 144 valence electrons. The summed E-state index contributed by atoms with van der Waals surface area (Å²) in [6.45, 7) is 2.45. The number of ether oxygens (including phenoxy) is 2. The maximum Gasteiger partial charge on any atom is 0.310 e. The first-order chi connectivity index (χ1) is 11.8. The van der Waals surface area contributed by atoms with E-state index in [2.05, 4.69) is 0 Å². The first-order valence-corrected chi connectivity index (χ1v) is 7.91. The van der Waals surface area contributed by atoms with E-state index in [4.69, 9.17) is 24.9 Å². The minimum Gasteiger partial charge on any atom is -0.481 e. The van der Waals surface area contributed by atoms with Crippen molar-refractivity contribution in [3.63, 3.8) is 0 Å². The minimum absolute atomic E-state index is 0.100. The Hall–Kier alpha value is -2.04. The van der Waals surface area contributed by atoms with E-state index in [9.17, 15) is 19.2 Å². The summed E-state index contributed by atoms with van der Waals surface area (Å²) in [7, 11) is 0. The summed E-state index contributed by atoms with van der Waals surface area (Å²) in [5.41, 5.74) is 0. The number of aliphatic hydroxyl groups is 1. The number of amides is 2. The maximum atomic E-state index is 11.1. The molecular weight excluding hydrogens is 338 g/mol. The van der Waals surface area contributed by atoms with Crippen molar-refractivity contribution < 1.29 is 44.1 Å². The molecule has 10 heteroatoms. The summed E-state index contributed by atoms with van der Waals surface area (Å²) in [4.78, 5) is 41.7. The molecule has 1 atom stereocenters. The SMILES string of the molecule is CC(CO)C(=O)OCCCOCCCC(=O)O.O=C1CCC(=O)N1O. The van der Waals surface area contributed by atoms with Crippen LogP contribution in [0.25, 0.3) is 0 Å². The zero-order chi connectivity index (χ0) is 19.2. The lowest BCUT2D eigenvalue weighted by molar-refractivity contribution is -0.171. The Kier molecular flexibility index (Phi) is 12.2. The molecule has 1 saturated heterocycles. The third-order valence-corrected chi connectivity index (χ3v) is 3.06. The number of hydroxylamine groups is 2. The highest BCUT2D eigenvalue weighted by molar-refractivity contribution is 6.00. The summed E-state index contributed by atoms with van der Waals surface area (Å²) >= 11 is 0. The van der Waals surface area contributed by atoms with Crippen molar-refractivity contribution in [2.24, 2.45) is 5.92 Å². The van der Waals surface area contributed by atoms with E-state index in [1.807, 2.05) is 0 Å². The monoisotopic (exact) mass is 363 g/mol. The number of hydrogen-bond acceptors (Lipinski definition) is 8. The van der Waals surface area contributed by atoms with E-state index in [0.29, 0.717) is 26.1 Å². The second-order valence-electron chi connectivity index (χ2n) is 5.31. The first kappa shape index (κ1) is 23.0. The van der Waals surface area contributed by atoms with Gasteiger partial charge in [0, 0.05) is 38.9 Å². The van der Waals surface area contributed by atoms with Gasteiger partial charge in [-0.05, 0) is 13.3 Å². The van der Waals surface area contributed by atoms with Crippen molar-refractivity contribution in [3.8, 4) is 0 Å². The van der Waals surface area contributed by atoms with Gasteiger partial charge < -0.3 is 19.7 Å². The Balaban J connectivity index is 0.000000593. The van der Waals surface area contributed by atoms with Crippen LogP contribution in [-0.4, -0.2) is 70.7 Å². The number of hydrogen-bond donors (Lipinski definition) is 3. The van der Waals surface area contributed by atoms with Crippen LogP contribution in [0.4, 0.5) is 0 Å². The summed E-state index contributed by atoms with van der Waals surface area (Å²) < 4.78 is 10.0. The van der Waals surface area contributed by atoms with Crippen LogP contribution in [-0.2, 0) is 28.7 Å². The average Bonchev–Trinajstić information content (AvgIpc) is 2.87. The summed E-state index contributed by atoms with van der Waals surface area (Å²) in [5.74, 6) is -2.75. The molecule has 1 heterocycles. The van der Waals surface area contributed by atoms with Gasteiger partial charge in [-0.15, -0.1) is 0 Å². The number of aliphatic carboxylic acids is 1. The maximum absolute atomic E-state index is 11.1. The number of carbonyl (C=O) groups is 4. The van der Waals surface area contributed by atoms with Crippen molar-refractivity contribution >= 4 is 23.8 Å². The molecule has 0 spiro atoms. The van der Waals surface area contributed by atoms with Gasteiger partial charge in [0.2, 0.25) is 0 Å².